The summed E-state index contributed by atoms with van der Waals surface area (Å²) in [7, 11) is 0. The van der Waals surface area contributed by atoms with Gasteiger partial charge in [0.05, 0.1) is 24.4 Å². The van der Waals surface area contributed by atoms with Crippen LogP contribution in [0.2, 0.25) is 0 Å². The number of rotatable bonds is 6. The molecule has 1 amide bonds. The van der Waals surface area contributed by atoms with E-state index >= 15 is 0 Å². The van der Waals surface area contributed by atoms with E-state index in [1.54, 1.807) is 32.2 Å². The maximum atomic E-state index is 13.9. The molecule has 0 spiro atoms. The lowest BCUT2D eigenvalue weighted by Crippen LogP contribution is -2.27. The number of nitrogens with one attached hydrogen (secondary N) is 1. The molecule has 9 heteroatoms. The molecule has 0 saturated heterocycles. The number of aromatic nitrogens is 3. The molecule has 2 heterocycles. The van der Waals surface area contributed by atoms with Gasteiger partial charge in [-0.2, -0.15) is 4.98 Å². The quantitative estimate of drug-likeness (QED) is 0.627. The van der Waals surface area contributed by atoms with Crippen molar-refractivity contribution in [2.75, 3.05) is 11.9 Å². The molecule has 2 aromatic heterocycles. The number of halogens is 2. The summed E-state index contributed by atoms with van der Waals surface area (Å²) in [4.78, 5) is 24.9. The predicted molar refractivity (Wildman–Crippen MR) is 108 cm³/mol. The van der Waals surface area contributed by atoms with E-state index in [4.69, 9.17) is 4.74 Å². The first-order valence-electron chi connectivity index (χ1n) is 9.64. The van der Waals surface area contributed by atoms with Crippen LogP contribution in [0.5, 0.6) is 11.6 Å². The minimum atomic E-state index is -0.886. The second-order valence-corrected chi connectivity index (χ2v) is 7.57. The lowest BCUT2D eigenvalue weighted by atomic mass is 9.93. The van der Waals surface area contributed by atoms with E-state index in [0.29, 0.717) is 29.3 Å². The third kappa shape index (κ3) is 4.16. The summed E-state index contributed by atoms with van der Waals surface area (Å²) < 4.78 is 33.1. The van der Waals surface area contributed by atoms with Gasteiger partial charge in [0, 0.05) is 5.41 Å². The van der Waals surface area contributed by atoms with Crippen molar-refractivity contribution in [3.8, 4) is 11.6 Å². The highest BCUT2D eigenvalue weighted by molar-refractivity contribution is 5.95. The minimum absolute atomic E-state index is 0.0210. The molecule has 1 saturated carbocycles. The number of carbonyl (C=O) groups excluding carboxylic acids is 1. The summed E-state index contributed by atoms with van der Waals surface area (Å²) in [5.74, 6) is -1.90. The SMILES string of the molecule is Cc1ncc(OC[C@@]2(c3cccc(F)c3)C[C@H]2C(=O)Nc2ccc(F)c(O)n2)c(C)n1. The molecular formula is C22H20F2N4O3. The summed E-state index contributed by atoms with van der Waals surface area (Å²) in [6.07, 6.45) is 1.99. The molecular weight excluding hydrogens is 406 g/mol. The fourth-order valence-corrected chi connectivity index (χ4v) is 3.64. The van der Waals surface area contributed by atoms with Crippen LogP contribution in [-0.2, 0) is 10.2 Å². The van der Waals surface area contributed by atoms with Crippen molar-refractivity contribution in [2.45, 2.75) is 25.7 Å². The average Bonchev–Trinajstić information content (AvgIpc) is 3.46. The lowest BCUT2D eigenvalue weighted by Gasteiger charge is -2.19. The molecule has 0 aliphatic heterocycles. The maximum Gasteiger partial charge on any atom is 0.249 e. The molecule has 0 bridgehead atoms. The van der Waals surface area contributed by atoms with E-state index in [1.165, 1.54) is 18.2 Å². The number of anilines is 1. The normalized spacial score (nSPS) is 19.7. The molecule has 1 aliphatic carbocycles. The highest BCUT2D eigenvalue weighted by atomic mass is 19.1. The summed E-state index contributed by atoms with van der Waals surface area (Å²) in [6.45, 7) is 3.68. The lowest BCUT2D eigenvalue weighted by molar-refractivity contribution is -0.117. The van der Waals surface area contributed by atoms with Gasteiger partial charge in [-0.3, -0.25) is 4.79 Å². The number of benzene rings is 1. The number of aromatic hydroxyl groups is 1. The molecule has 1 fully saturated rings. The number of pyridine rings is 1. The van der Waals surface area contributed by atoms with Crippen LogP contribution in [0.25, 0.3) is 0 Å². The fourth-order valence-electron chi connectivity index (χ4n) is 3.64. The molecule has 1 aliphatic rings. The number of nitrogens with zero attached hydrogens (tertiary/aromatic N) is 3. The maximum absolute atomic E-state index is 13.9. The second kappa shape index (κ2) is 7.90. The van der Waals surface area contributed by atoms with Crippen LogP contribution in [0.4, 0.5) is 14.6 Å². The van der Waals surface area contributed by atoms with E-state index in [2.05, 4.69) is 20.3 Å². The molecule has 2 N–H and O–H groups in total. The van der Waals surface area contributed by atoms with Crippen molar-refractivity contribution in [1.82, 2.24) is 15.0 Å². The molecule has 7 nitrogen and oxygen atoms in total. The van der Waals surface area contributed by atoms with Crippen molar-refractivity contribution in [2.24, 2.45) is 5.92 Å². The van der Waals surface area contributed by atoms with Crippen molar-refractivity contribution in [1.29, 1.82) is 0 Å². The zero-order valence-corrected chi connectivity index (χ0v) is 16.9. The first kappa shape index (κ1) is 20.6. The number of amides is 1. The van der Waals surface area contributed by atoms with E-state index in [1.807, 2.05) is 0 Å². The first-order chi connectivity index (χ1) is 14.8. The Kier molecular flexibility index (Phi) is 5.26. The molecule has 0 unspecified atom stereocenters. The van der Waals surface area contributed by atoms with Crippen molar-refractivity contribution in [3.05, 3.63) is 71.3 Å². The van der Waals surface area contributed by atoms with Crippen molar-refractivity contribution < 1.29 is 23.4 Å². The van der Waals surface area contributed by atoms with Gasteiger partial charge in [-0.15, -0.1) is 0 Å². The number of hydrogen-bond donors (Lipinski definition) is 2. The smallest absolute Gasteiger partial charge is 0.249 e. The summed E-state index contributed by atoms with van der Waals surface area (Å²) in [5, 5.41) is 12.0. The number of ether oxygens (including phenoxy) is 1. The van der Waals surface area contributed by atoms with Crippen LogP contribution in [0.3, 0.4) is 0 Å². The molecule has 1 aromatic carbocycles. The minimum Gasteiger partial charge on any atom is -0.491 e. The Labute approximate surface area is 177 Å². The second-order valence-electron chi connectivity index (χ2n) is 7.57. The zero-order valence-electron chi connectivity index (χ0n) is 16.9. The standard InChI is InChI=1S/C22H20F2N4O3/c1-12-18(10-25-13(2)26-12)31-11-22(14-4-3-5-15(23)8-14)9-16(22)20(29)27-19-7-6-17(24)21(30)28-19/h3-8,10,16H,9,11H2,1-2H3,(H2,27,28,29,30)/t16-,22+/m0/s1. The van der Waals surface area contributed by atoms with Crippen LogP contribution in [0.1, 0.15) is 23.5 Å². The Morgan fingerprint density at radius 2 is 2.06 bits per heavy atom. The fraction of sp³-hybridized carbons (Fsp3) is 0.273. The Morgan fingerprint density at radius 3 is 2.77 bits per heavy atom. The topological polar surface area (TPSA) is 97.2 Å². The molecule has 160 valence electrons. The van der Waals surface area contributed by atoms with Gasteiger partial charge >= 0.3 is 0 Å². The Morgan fingerprint density at radius 1 is 1.26 bits per heavy atom. The highest BCUT2D eigenvalue weighted by Crippen LogP contribution is 2.55. The van der Waals surface area contributed by atoms with Gasteiger partial charge in [0.25, 0.3) is 0 Å². The van der Waals surface area contributed by atoms with E-state index in [9.17, 15) is 18.7 Å². The Balaban J connectivity index is 1.57. The number of aryl methyl sites for hydroxylation is 2. The summed E-state index contributed by atoms with van der Waals surface area (Å²) in [6, 6.07) is 8.31. The summed E-state index contributed by atoms with van der Waals surface area (Å²) in [5.41, 5.74) is 0.536. The molecule has 31 heavy (non-hydrogen) atoms. The molecule has 3 aromatic rings. The molecule has 0 radical (unpaired) electrons. The zero-order chi connectivity index (χ0) is 22.2. The van der Waals surface area contributed by atoms with E-state index < -0.39 is 28.8 Å². The van der Waals surface area contributed by atoms with Crippen LogP contribution in [0.15, 0.2) is 42.6 Å². The van der Waals surface area contributed by atoms with E-state index in [-0.39, 0.29) is 18.3 Å². The van der Waals surface area contributed by atoms with Gasteiger partial charge in [0.1, 0.15) is 17.5 Å². The van der Waals surface area contributed by atoms with Gasteiger partial charge in [0.2, 0.25) is 11.8 Å². The van der Waals surface area contributed by atoms with Crippen LogP contribution in [0, 0.1) is 31.4 Å². The van der Waals surface area contributed by atoms with Crippen LogP contribution >= 0.6 is 0 Å². The first-order valence-corrected chi connectivity index (χ1v) is 9.64. The third-order valence-corrected chi connectivity index (χ3v) is 5.41. The monoisotopic (exact) mass is 426 g/mol. The van der Waals surface area contributed by atoms with Crippen molar-refractivity contribution >= 4 is 11.7 Å². The predicted octanol–water partition coefficient (Wildman–Crippen LogP) is 3.45. The third-order valence-electron chi connectivity index (χ3n) is 5.41. The number of hydrogen-bond acceptors (Lipinski definition) is 6. The van der Waals surface area contributed by atoms with E-state index in [0.717, 1.165) is 6.07 Å². The molecule has 2 atom stereocenters. The van der Waals surface area contributed by atoms with Gasteiger partial charge in [0.15, 0.2) is 11.6 Å². The Bertz CT molecular complexity index is 1160. The van der Waals surface area contributed by atoms with Crippen molar-refractivity contribution in [3.63, 3.8) is 0 Å². The van der Waals surface area contributed by atoms with Crippen LogP contribution < -0.4 is 10.1 Å². The summed E-state index contributed by atoms with van der Waals surface area (Å²) >= 11 is 0. The Hall–Kier alpha value is -3.62. The largest absolute Gasteiger partial charge is 0.491 e. The van der Waals surface area contributed by atoms with Gasteiger partial charge in [-0.1, -0.05) is 12.1 Å². The molecule has 4 rings (SSSR count). The van der Waals surface area contributed by atoms with Gasteiger partial charge in [-0.25, -0.2) is 18.7 Å². The van der Waals surface area contributed by atoms with Gasteiger partial charge < -0.3 is 15.2 Å². The van der Waals surface area contributed by atoms with Crippen LogP contribution in [-0.4, -0.2) is 32.6 Å². The average molecular weight is 426 g/mol. The number of carbonyl (C=O) groups is 1. The highest BCUT2D eigenvalue weighted by Gasteiger charge is 2.60. The van der Waals surface area contributed by atoms with Gasteiger partial charge in [-0.05, 0) is 50.1 Å².